The van der Waals surface area contributed by atoms with E-state index in [0.29, 0.717) is 10.6 Å². The van der Waals surface area contributed by atoms with Crippen LogP contribution in [0.25, 0.3) is 0 Å². The topological polar surface area (TPSA) is 0 Å². The maximum absolute atomic E-state index is 12.6. The van der Waals surface area contributed by atoms with Gasteiger partial charge in [-0.15, -0.1) is 12.2 Å². The number of rotatable bonds is 2. The number of hydrogen-bond acceptors (Lipinski definition) is 1. The third-order valence-electron chi connectivity index (χ3n) is 3.09. The lowest BCUT2D eigenvalue weighted by molar-refractivity contribution is -0.138. The summed E-state index contributed by atoms with van der Waals surface area (Å²) in [5.74, 6) is 0. The molecule has 0 spiro atoms. The lowest BCUT2D eigenvalue weighted by Gasteiger charge is -2.18. The van der Waals surface area contributed by atoms with Crippen molar-refractivity contribution in [1.82, 2.24) is 0 Å². The average molecular weight is 386 g/mol. The van der Waals surface area contributed by atoms with E-state index < -0.39 is 28.7 Å². The van der Waals surface area contributed by atoms with Gasteiger partial charge in [-0.25, -0.2) is 0 Å². The molecule has 0 aliphatic rings. The fourth-order valence-electron chi connectivity index (χ4n) is 1.85. The smallest absolute Gasteiger partial charge is 0.166 e. The largest absolute Gasteiger partial charge is 0.416 e. The molecule has 9 heteroatoms. The molecule has 0 fully saturated rings. The first-order valence-electron chi connectivity index (χ1n) is 6.11. The van der Waals surface area contributed by atoms with Crippen molar-refractivity contribution >= 4 is 39.9 Å². The molecule has 0 atom stereocenters. The highest BCUT2D eigenvalue weighted by molar-refractivity contribution is 8.68. The monoisotopic (exact) mass is 386 g/mol. The zero-order chi connectivity index (χ0) is 17.5. The molecular formula is C14H9F6PS2. The van der Waals surface area contributed by atoms with E-state index in [0.717, 1.165) is 24.3 Å². The molecule has 0 aromatic heterocycles. The first kappa shape index (κ1) is 18.4. The molecule has 2 rings (SSSR count). The van der Waals surface area contributed by atoms with Crippen molar-refractivity contribution in [3.05, 3.63) is 59.7 Å². The Hall–Kier alpha value is -0.980. The molecule has 0 bridgehead atoms. The molecule has 23 heavy (non-hydrogen) atoms. The number of benzene rings is 2. The fraction of sp³-hybridized carbons (Fsp3) is 0.143. The van der Waals surface area contributed by atoms with Crippen LogP contribution in [0.1, 0.15) is 11.1 Å². The second kappa shape index (κ2) is 6.15. The Labute approximate surface area is 138 Å². The van der Waals surface area contributed by atoms with E-state index in [1.54, 1.807) is 0 Å². The first-order valence-corrected chi connectivity index (χ1v) is 10.1. The minimum atomic E-state index is -4.47. The maximum atomic E-state index is 12.6. The van der Waals surface area contributed by atoms with E-state index in [-0.39, 0.29) is 0 Å². The van der Waals surface area contributed by atoms with Crippen LogP contribution in [0.4, 0.5) is 26.3 Å². The molecule has 2 aromatic rings. The molecule has 124 valence electrons. The van der Waals surface area contributed by atoms with E-state index in [1.165, 1.54) is 24.3 Å². The van der Waals surface area contributed by atoms with Crippen molar-refractivity contribution in [2.45, 2.75) is 12.4 Å². The summed E-state index contributed by atoms with van der Waals surface area (Å²) >= 11 is 9.71. The third-order valence-corrected chi connectivity index (χ3v) is 7.74. The Bertz CT molecular complexity index is 670. The molecule has 0 unspecified atom stereocenters. The quantitative estimate of drug-likeness (QED) is 0.431. The minimum Gasteiger partial charge on any atom is -0.166 e. The Morgan fingerprint density at radius 2 is 0.913 bits per heavy atom. The van der Waals surface area contributed by atoms with Gasteiger partial charge in [0, 0.05) is 0 Å². The fourth-order valence-corrected chi connectivity index (χ4v) is 4.79. The van der Waals surface area contributed by atoms with E-state index in [4.69, 9.17) is 11.8 Å². The summed E-state index contributed by atoms with van der Waals surface area (Å²) in [4.78, 5) is 0. The van der Waals surface area contributed by atoms with Crippen LogP contribution in [-0.4, -0.2) is 0 Å². The van der Waals surface area contributed by atoms with Gasteiger partial charge >= 0.3 is 12.4 Å². The van der Waals surface area contributed by atoms with Gasteiger partial charge < -0.3 is 0 Å². The molecule has 2 aromatic carbocycles. The van der Waals surface area contributed by atoms with Gasteiger partial charge in [0.2, 0.25) is 0 Å². The second-order valence-corrected chi connectivity index (χ2v) is 11.1. The lowest BCUT2D eigenvalue weighted by atomic mass is 10.2. The number of hydrogen-bond donors (Lipinski definition) is 1. The van der Waals surface area contributed by atoms with Crippen molar-refractivity contribution in [1.29, 1.82) is 0 Å². The summed E-state index contributed by atoms with van der Waals surface area (Å²) in [5, 5.41) is -1.99. The zero-order valence-electron chi connectivity index (χ0n) is 11.2. The molecule has 0 aliphatic carbocycles. The zero-order valence-corrected chi connectivity index (χ0v) is 13.8. The van der Waals surface area contributed by atoms with Crippen LogP contribution >= 0.6 is 17.5 Å². The summed E-state index contributed by atoms with van der Waals surface area (Å²) in [6.07, 6.45) is -8.93. The minimum absolute atomic E-state index is 0.378. The van der Waals surface area contributed by atoms with E-state index >= 15 is 0 Å². The number of thiol groups is 1. The maximum Gasteiger partial charge on any atom is 0.416 e. The Morgan fingerprint density at radius 3 is 1.13 bits per heavy atom. The Balaban J connectivity index is 2.36. The van der Waals surface area contributed by atoms with Crippen LogP contribution in [0.15, 0.2) is 48.5 Å². The SMILES string of the molecule is FC(F)(F)c1ccc(P(=S)(S)c2ccc(C(F)(F)F)cc2)cc1. The van der Waals surface area contributed by atoms with E-state index in [1.807, 2.05) is 0 Å². The Kier molecular flexibility index (Phi) is 4.91. The standard InChI is InChI=1S/C14H9F6PS2/c15-13(16,17)9-1-5-11(6-2-9)21(22,23)12-7-3-10(4-8-12)14(18,19)20/h1-8H,(H,22,23). The molecule has 0 aliphatic heterocycles. The van der Waals surface area contributed by atoms with Gasteiger partial charge in [0.15, 0.2) is 0 Å². The summed E-state index contributed by atoms with van der Waals surface area (Å²) in [5.41, 5.74) is -1.64. The van der Waals surface area contributed by atoms with Crippen LogP contribution < -0.4 is 10.6 Å². The van der Waals surface area contributed by atoms with Gasteiger partial charge in [0.25, 0.3) is 0 Å². The normalized spacial score (nSPS) is 13.2. The van der Waals surface area contributed by atoms with Crippen LogP contribution in [0.2, 0.25) is 0 Å². The molecule has 0 saturated carbocycles. The highest BCUT2D eigenvalue weighted by Crippen LogP contribution is 2.49. The van der Waals surface area contributed by atoms with Crippen LogP contribution in [0.3, 0.4) is 0 Å². The summed E-state index contributed by atoms with van der Waals surface area (Å²) in [6, 6.07) is 8.41. The molecule has 0 amide bonds. The predicted molar refractivity (Wildman–Crippen MR) is 85.4 cm³/mol. The highest BCUT2D eigenvalue weighted by Gasteiger charge is 2.32. The average Bonchev–Trinajstić information content (AvgIpc) is 2.46. The van der Waals surface area contributed by atoms with E-state index in [2.05, 4.69) is 12.2 Å². The van der Waals surface area contributed by atoms with Crippen LogP contribution in [0, 0.1) is 0 Å². The van der Waals surface area contributed by atoms with Gasteiger partial charge in [0.05, 0.1) is 16.4 Å². The summed E-state index contributed by atoms with van der Waals surface area (Å²) in [6.45, 7) is 0. The lowest BCUT2D eigenvalue weighted by Crippen LogP contribution is -2.15. The number of alkyl halides is 6. The van der Waals surface area contributed by atoms with Gasteiger partial charge in [0.1, 0.15) is 0 Å². The molecule has 0 saturated heterocycles. The van der Waals surface area contributed by atoms with Crippen molar-refractivity contribution in [2.75, 3.05) is 0 Å². The molecule has 0 heterocycles. The molecule has 0 nitrogen and oxygen atoms in total. The third kappa shape index (κ3) is 4.11. The van der Waals surface area contributed by atoms with Gasteiger partial charge in [-0.3, -0.25) is 0 Å². The predicted octanol–water partition coefficient (Wildman–Crippen LogP) is 5.00. The van der Waals surface area contributed by atoms with Crippen molar-refractivity contribution in [3.8, 4) is 0 Å². The Morgan fingerprint density at radius 1 is 0.652 bits per heavy atom. The summed E-state index contributed by atoms with van der Waals surface area (Å²) in [7, 11) is 0. The van der Waals surface area contributed by atoms with Crippen molar-refractivity contribution in [3.63, 3.8) is 0 Å². The van der Waals surface area contributed by atoms with Gasteiger partial charge in [-0.2, -0.15) is 26.3 Å². The van der Waals surface area contributed by atoms with E-state index in [9.17, 15) is 26.3 Å². The molecule has 0 N–H and O–H groups in total. The highest BCUT2D eigenvalue weighted by atomic mass is 32.9. The number of halogens is 6. The van der Waals surface area contributed by atoms with Crippen LogP contribution in [0.5, 0.6) is 0 Å². The van der Waals surface area contributed by atoms with Crippen LogP contribution in [-0.2, 0) is 24.2 Å². The first-order chi connectivity index (χ1) is 10.4. The molecular weight excluding hydrogens is 377 g/mol. The van der Waals surface area contributed by atoms with Crippen molar-refractivity contribution < 1.29 is 26.3 Å². The van der Waals surface area contributed by atoms with Gasteiger partial charge in [-0.05, 0) is 34.9 Å². The summed E-state index contributed by atoms with van der Waals surface area (Å²) < 4.78 is 75.3. The van der Waals surface area contributed by atoms with Gasteiger partial charge in [-0.1, -0.05) is 36.1 Å². The second-order valence-electron chi connectivity index (χ2n) is 4.67. The molecule has 0 radical (unpaired) electrons. The van der Waals surface area contributed by atoms with Crippen molar-refractivity contribution in [2.24, 2.45) is 0 Å².